The van der Waals surface area contributed by atoms with E-state index >= 15 is 0 Å². The highest BCUT2D eigenvalue weighted by atomic mass is 19.3. The van der Waals surface area contributed by atoms with Crippen LogP contribution in [0.4, 0.5) is 13.2 Å². The van der Waals surface area contributed by atoms with E-state index in [4.69, 9.17) is 4.74 Å². The van der Waals surface area contributed by atoms with Gasteiger partial charge in [-0.05, 0) is 19.4 Å². The second-order valence-corrected chi connectivity index (χ2v) is 6.99. The van der Waals surface area contributed by atoms with Crippen LogP contribution in [-0.4, -0.2) is 25.4 Å². The van der Waals surface area contributed by atoms with Crippen LogP contribution in [0.1, 0.15) is 38.8 Å². The molecular formula is C17H22F3NO2. The minimum Gasteiger partial charge on any atom is -0.434 e. The van der Waals surface area contributed by atoms with Crippen LogP contribution in [0.25, 0.3) is 0 Å². The molecule has 6 heteroatoms. The molecule has 1 aliphatic heterocycles. The largest absolute Gasteiger partial charge is 0.434 e. The molecule has 23 heavy (non-hydrogen) atoms. The number of halogens is 3. The van der Waals surface area contributed by atoms with Gasteiger partial charge in [0, 0.05) is 41.7 Å². The maximum atomic E-state index is 13.3. The lowest BCUT2D eigenvalue weighted by Crippen LogP contribution is -2.66. The summed E-state index contributed by atoms with van der Waals surface area (Å²) in [5.41, 5.74) is 0.518. The fourth-order valence-electron chi connectivity index (χ4n) is 4.09. The minimum absolute atomic E-state index is 0.0147. The van der Waals surface area contributed by atoms with Crippen molar-refractivity contribution in [3.8, 4) is 5.75 Å². The Kier molecular flexibility index (Phi) is 4.31. The summed E-state index contributed by atoms with van der Waals surface area (Å²) < 4.78 is 48.7. The Labute approximate surface area is 134 Å². The fourth-order valence-corrected chi connectivity index (χ4v) is 4.09. The van der Waals surface area contributed by atoms with Crippen molar-refractivity contribution < 1.29 is 22.6 Å². The normalized spacial score (nSPS) is 30.0. The van der Waals surface area contributed by atoms with Crippen molar-refractivity contribution in [1.82, 2.24) is 5.32 Å². The molecule has 0 aromatic heterocycles. The quantitative estimate of drug-likeness (QED) is 0.889. The van der Waals surface area contributed by atoms with Crippen LogP contribution >= 0.6 is 0 Å². The fraction of sp³-hybridized carbons (Fsp3) is 0.647. The lowest BCUT2D eigenvalue weighted by molar-refractivity contribution is -0.115. The lowest BCUT2D eigenvalue weighted by atomic mass is 9.57. The van der Waals surface area contributed by atoms with Crippen LogP contribution in [0.15, 0.2) is 18.2 Å². The van der Waals surface area contributed by atoms with Gasteiger partial charge in [-0.15, -0.1) is 0 Å². The molecule has 1 saturated carbocycles. The third-order valence-corrected chi connectivity index (χ3v) is 5.19. The van der Waals surface area contributed by atoms with Gasteiger partial charge in [-0.25, -0.2) is 4.39 Å². The van der Waals surface area contributed by atoms with Crippen LogP contribution in [0.5, 0.6) is 5.75 Å². The van der Waals surface area contributed by atoms with E-state index in [2.05, 4.69) is 23.9 Å². The molecule has 4 unspecified atom stereocenters. The molecule has 0 radical (unpaired) electrons. The number of hydrogen-bond acceptors (Lipinski definition) is 3. The zero-order chi connectivity index (χ0) is 16.8. The highest BCUT2D eigenvalue weighted by molar-refractivity contribution is 5.36. The molecule has 0 bridgehead atoms. The molecule has 4 atom stereocenters. The summed E-state index contributed by atoms with van der Waals surface area (Å²) in [5, 5.41) is 3.50. The standard InChI is InChI=1S/C17H22F3NO2/c1-9(11-5-4-10(18)8-13(11)23-16(19)20)21-14-12-6-7-22-15(12)17(14,2)3/h4-5,8-9,12,14-16,21H,6-7H2,1-3H3. The van der Waals surface area contributed by atoms with E-state index in [1.165, 1.54) is 12.1 Å². The topological polar surface area (TPSA) is 30.5 Å². The van der Waals surface area contributed by atoms with Gasteiger partial charge in [0.15, 0.2) is 0 Å². The second-order valence-electron chi connectivity index (χ2n) is 6.99. The van der Waals surface area contributed by atoms with Gasteiger partial charge >= 0.3 is 6.61 Å². The Balaban J connectivity index is 1.77. The van der Waals surface area contributed by atoms with E-state index in [1.807, 2.05) is 6.92 Å². The van der Waals surface area contributed by atoms with Gasteiger partial charge in [-0.3, -0.25) is 0 Å². The number of benzene rings is 1. The van der Waals surface area contributed by atoms with Gasteiger partial charge in [0.2, 0.25) is 0 Å². The molecule has 2 fully saturated rings. The molecule has 1 heterocycles. The van der Waals surface area contributed by atoms with Crippen molar-refractivity contribution in [2.45, 2.75) is 52.0 Å². The summed E-state index contributed by atoms with van der Waals surface area (Å²) in [5.74, 6) is -0.270. The molecule has 2 aliphatic rings. The van der Waals surface area contributed by atoms with Crippen LogP contribution in [0.3, 0.4) is 0 Å². The van der Waals surface area contributed by atoms with Crippen LogP contribution in [0, 0.1) is 17.2 Å². The van der Waals surface area contributed by atoms with Gasteiger partial charge in [0.1, 0.15) is 11.6 Å². The summed E-state index contributed by atoms with van der Waals surface area (Å²) in [6, 6.07) is 3.77. The SMILES string of the molecule is CC(NC1C2CCOC2C1(C)C)c1ccc(F)cc1OC(F)F. The van der Waals surface area contributed by atoms with Crippen LogP contribution < -0.4 is 10.1 Å². The first kappa shape index (κ1) is 16.6. The predicted molar refractivity (Wildman–Crippen MR) is 80.0 cm³/mol. The van der Waals surface area contributed by atoms with Gasteiger partial charge in [-0.1, -0.05) is 19.9 Å². The zero-order valence-electron chi connectivity index (χ0n) is 13.5. The monoisotopic (exact) mass is 329 g/mol. The molecule has 1 aromatic carbocycles. The number of ether oxygens (including phenoxy) is 2. The van der Waals surface area contributed by atoms with E-state index in [0.717, 1.165) is 19.1 Å². The van der Waals surface area contributed by atoms with Gasteiger partial charge < -0.3 is 14.8 Å². The van der Waals surface area contributed by atoms with Crippen LogP contribution in [-0.2, 0) is 4.74 Å². The summed E-state index contributed by atoms with van der Waals surface area (Å²) in [6.45, 7) is 3.96. The average molecular weight is 329 g/mol. The molecule has 128 valence electrons. The summed E-state index contributed by atoms with van der Waals surface area (Å²) >= 11 is 0. The Morgan fingerprint density at radius 1 is 1.35 bits per heavy atom. The molecule has 1 aromatic rings. The zero-order valence-corrected chi connectivity index (χ0v) is 13.5. The Morgan fingerprint density at radius 3 is 2.78 bits per heavy atom. The number of nitrogens with one attached hydrogen (secondary N) is 1. The molecule has 0 amide bonds. The van der Waals surface area contributed by atoms with Crippen molar-refractivity contribution in [1.29, 1.82) is 0 Å². The molecule has 3 rings (SSSR count). The third kappa shape index (κ3) is 2.94. The lowest BCUT2D eigenvalue weighted by Gasteiger charge is -2.55. The van der Waals surface area contributed by atoms with Crippen molar-refractivity contribution in [2.24, 2.45) is 11.3 Å². The molecule has 3 nitrogen and oxygen atoms in total. The first-order valence-electron chi connectivity index (χ1n) is 7.92. The molecule has 1 aliphatic carbocycles. The van der Waals surface area contributed by atoms with Gasteiger partial charge in [0.05, 0.1) is 6.10 Å². The van der Waals surface area contributed by atoms with Crippen molar-refractivity contribution >= 4 is 0 Å². The first-order valence-corrected chi connectivity index (χ1v) is 7.92. The summed E-state index contributed by atoms with van der Waals surface area (Å²) in [7, 11) is 0. The Hall–Kier alpha value is -1.27. The smallest absolute Gasteiger partial charge is 0.387 e. The molecular weight excluding hydrogens is 307 g/mol. The highest BCUT2D eigenvalue weighted by Crippen LogP contribution is 2.52. The highest BCUT2D eigenvalue weighted by Gasteiger charge is 2.59. The maximum Gasteiger partial charge on any atom is 0.387 e. The predicted octanol–water partition coefficient (Wildman–Crippen LogP) is 3.89. The van der Waals surface area contributed by atoms with Gasteiger partial charge in [0.25, 0.3) is 0 Å². The minimum atomic E-state index is -2.98. The average Bonchev–Trinajstić information content (AvgIpc) is 2.91. The number of alkyl halides is 2. The Morgan fingerprint density at radius 2 is 2.09 bits per heavy atom. The molecule has 1 N–H and O–H groups in total. The maximum absolute atomic E-state index is 13.3. The number of rotatable bonds is 5. The molecule has 1 saturated heterocycles. The van der Waals surface area contributed by atoms with Crippen molar-refractivity contribution in [3.63, 3.8) is 0 Å². The van der Waals surface area contributed by atoms with Gasteiger partial charge in [-0.2, -0.15) is 8.78 Å². The Bertz CT molecular complexity index is 579. The van der Waals surface area contributed by atoms with Crippen molar-refractivity contribution in [3.05, 3.63) is 29.6 Å². The third-order valence-electron chi connectivity index (χ3n) is 5.19. The van der Waals surface area contributed by atoms with E-state index in [0.29, 0.717) is 11.5 Å². The van der Waals surface area contributed by atoms with Crippen LogP contribution in [0.2, 0.25) is 0 Å². The second kappa shape index (κ2) is 5.98. The number of hydrogen-bond donors (Lipinski definition) is 1. The van der Waals surface area contributed by atoms with Crippen molar-refractivity contribution in [2.75, 3.05) is 6.61 Å². The molecule has 0 spiro atoms. The first-order chi connectivity index (χ1) is 10.8. The van der Waals surface area contributed by atoms with E-state index in [1.54, 1.807) is 0 Å². The van der Waals surface area contributed by atoms with E-state index in [-0.39, 0.29) is 29.4 Å². The van der Waals surface area contributed by atoms with E-state index in [9.17, 15) is 13.2 Å². The van der Waals surface area contributed by atoms with E-state index < -0.39 is 12.4 Å². The summed E-state index contributed by atoms with van der Waals surface area (Å²) in [4.78, 5) is 0. The number of fused-ring (bicyclic) bond motifs is 1. The summed E-state index contributed by atoms with van der Waals surface area (Å²) in [6.07, 6.45) is 1.25.